The average Bonchev–Trinajstić information content (AvgIpc) is 2.77. The summed E-state index contributed by atoms with van der Waals surface area (Å²) >= 11 is 6.27. The number of nitrogens with zero attached hydrogens (tertiary/aromatic N) is 2. The summed E-state index contributed by atoms with van der Waals surface area (Å²) in [4.78, 5) is 12.0. The Bertz CT molecular complexity index is 571. The fourth-order valence-electron chi connectivity index (χ4n) is 1.31. The van der Waals surface area contributed by atoms with Crippen LogP contribution in [0.15, 0.2) is 33.1 Å². The Labute approximate surface area is 128 Å². The molecule has 0 fully saturated rings. The van der Waals surface area contributed by atoms with Crippen molar-refractivity contribution in [3.63, 3.8) is 0 Å². The van der Waals surface area contributed by atoms with Gasteiger partial charge in [-0.1, -0.05) is 39.0 Å². The van der Waals surface area contributed by atoms with Gasteiger partial charge >= 0.3 is 0 Å². The molecular weight excluding hydrogens is 346 g/mol. The van der Waals surface area contributed by atoms with Crippen molar-refractivity contribution in [2.75, 3.05) is 5.32 Å². The van der Waals surface area contributed by atoms with Crippen LogP contribution < -0.4 is 5.32 Å². The van der Waals surface area contributed by atoms with Gasteiger partial charge in [0.25, 0.3) is 0 Å². The molecule has 2 rings (SSSR count). The number of halogens is 1. The van der Waals surface area contributed by atoms with E-state index in [0.717, 1.165) is 19.5 Å². The second-order valence-corrected chi connectivity index (χ2v) is 7.53. The average molecular weight is 358 g/mol. The summed E-state index contributed by atoms with van der Waals surface area (Å²) in [6, 6.07) is 7.49. The first-order chi connectivity index (χ1) is 9.04. The number of amides is 1. The maximum absolute atomic E-state index is 12.0. The molecule has 1 aromatic heterocycles. The Balaban J connectivity index is 1.94. The highest BCUT2D eigenvalue weighted by Gasteiger charge is 2.16. The number of thioether (sulfide) groups is 1. The SMILES string of the molecule is Cc1nnc(SC(C)C(=O)Nc2ccc(Br)cc2)s1. The van der Waals surface area contributed by atoms with E-state index < -0.39 is 0 Å². The van der Waals surface area contributed by atoms with Gasteiger partial charge in [-0.2, -0.15) is 0 Å². The van der Waals surface area contributed by atoms with E-state index in [0.29, 0.717) is 0 Å². The van der Waals surface area contributed by atoms with Crippen molar-refractivity contribution in [2.45, 2.75) is 23.4 Å². The molecule has 0 radical (unpaired) electrons. The minimum absolute atomic E-state index is 0.0415. The van der Waals surface area contributed by atoms with Crippen LogP contribution in [0.2, 0.25) is 0 Å². The van der Waals surface area contributed by atoms with Gasteiger partial charge in [0, 0.05) is 10.2 Å². The van der Waals surface area contributed by atoms with E-state index in [1.165, 1.54) is 23.1 Å². The van der Waals surface area contributed by atoms with Crippen LogP contribution >= 0.6 is 39.0 Å². The van der Waals surface area contributed by atoms with E-state index >= 15 is 0 Å². The molecule has 0 spiro atoms. The van der Waals surface area contributed by atoms with Crippen molar-refractivity contribution >= 4 is 50.6 Å². The molecule has 1 atom stereocenters. The standard InChI is InChI=1S/C12H12BrN3OS2/c1-7(18-12-16-15-8(2)19-12)11(17)14-10-5-3-9(13)4-6-10/h3-7H,1-2H3,(H,14,17). The normalized spacial score (nSPS) is 12.2. The molecule has 19 heavy (non-hydrogen) atoms. The summed E-state index contributed by atoms with van der Waals surface area (Å²) in [7, 11) is 0. The molecule has 1 unspecified atom stereocenters. The zero-order valence-electron chi connectivity index (χ0n) is 10.4. The number of aromatic nitrogens is 2. The number of nitrogens with one attached hydrogen (secondary N) is 1. The molecule has 1 N–H and O–H groups in total. The molecular formula is C12H12BrN3OS2. The molecule has 0 aliphatic carbocycles. The molecule has 7 heteroatoms. The lowest BCUT2D eigenvalue weighted by atomic mass is 10.3. The van der Waals surface area contributed by atoms with Crippen molar-refractivity contribution in [1.29, 1.82) is 0 Å². The predicted molar refractivity (Wildman–Crippen MR) is 82.7 cm³/mol. The van der Waals surface area contributed by atoms with E-state index in [4.69, 9.17) is 0 Å². The van der Waals surface area contributed by atoms with Crippen molar-refractivity contribution < 1.29 is 4.79 Å². The third-order valence-corrected chi connectivity index (χ3v) is 4.82. The van der Waals surface area contributed by atoms with Gasteiger partial charge in [-0.25, -0.2) is 0 Å². The Morgan fingerprint density at radius 2 is 2.05 bits per heavy atom. The second-order valence-electron chi connectivity index (χ2n) is 3.84. The third kappa shape index (κ3) is 4.29. The quantitative estimate of drug-likeness (QED) is 0.847. The summed E-state index contributed by atoms with van der Waals surface area (Å²) in [6.45, 7) is 3.75. The Kier molecular flexibility index (Phi) is 4.95. The molecule has 0 aliphatic heterocycles. The van der Waals surface area contributed by atoms with Crippen LogP contribution in [0.4, 0.5) is 5.69 Å². The highest BCUT2D eigenvalue weighted by atomic mass is 79.9. The van der Waals surface area contributed by atoms with E-state index in [-0.39, 0.29) is 11.2 Å². The molecule has 1 amide bonds. The molecule has 1 heterocycles. The van der Waals surface area contributed by atoms with Crippen molar-refractivity contribution in [1.82, 2.24) is 10.2 Å². The fourth-order valence-corrected chi connectivity index (χ4v) is 3.53. The Morgan fingerprint density at radius 1 is 1.37 bits per heavy atom. The number of benzene rings is 1. The van der Waals surface area contributed by atoms with E-state index in [1.807, 2.05) is 38.1 Å². The molecule has 0 saturated heterocycles. The van der Waals surface area contributed by atoms with Crippen molar-refractivity contribution in [3.05, 3.63) is 33.7 Å². The zero-order valence-corrected chi connectivity index (χ0v) is 13.6. The summed E-state index contributed by atoms with van der Waals surface area (Å²) in [6.07, 6.45) is 0. The maximum Gasteiger partial charge on any atom is 0.237 e. The Hall–Kier alpha value is -0.920. The molecule has 1 aromatic carbocycles. The maximum atomic E-state index is 12.0. The van der Waals surface area contributed by atoms with Crippen LogP contribution in [0, 0.1) is 6.92 Å². The largest absolute Gasteiger partial charge is 0.325 e. The monoisotopic (exact) mass is 357 g/mol. The van der Waals surface area contributed by atoms with Crippen LogP contribution in [-0.2, 0) is 4.79 Å². The molecule has 100 valence electrons. The first-order valence-corrected chi connectivity index (χ1v) is 8.06. The van der Waals surface area contributed by atoms with Crippen molar-refractivity contribution in [2.24, 2.45) is 0 Å². The van der Waals surface area contributed by atoms with E-state index in [9.17, 15) is 4.79 Å². The van der Waals surface area contributed by atoms with E-state index in [2.05, 4.69) is 31.4 Å². The number of hydrogen-bond donors (Lipinski definition) is 1. The van der Waals surface area contributed by atoms with Crippen molar-refractivity contribution in [3.8, 4) is 0 Å². The first kappa shape index (κ1) is 14.5. The molecule has 0 bridgehead atoms. The van der Waals surface area contributed by atoms with Crippen LogP contribution in [0.25, 0.3) is 0 Å². The molecule has 4 nitrogen and oxygen atoms in total. The van der Waals surface area contributed by atoms with Crippen LogP contribution in [0.1, 0.15) is 11.9 Å². The summed E-state index contributed by atoms with van der Waals surface area (Å²) in [5, 5.41) is 11.5. The van der Waals surface area contributed by atoms with Crippen LogP contribution in [-0.4, -0.2) is 21.4 Å². The van der Waals surface area contributed by atoms with Gasteiger partial charge < -0.3 is 5.32 Å². The number of rotatable bonds is 4. The number of carbonyl (C=O) groups is 1. The highest BCUT2D eigenvalue weighted by molar-refractivity contribution is 9.10. The van der Waals surface area contributed by atoms with Gasteiger partial charge in [0.05, 0.1) is 5.25 Å². The third-order valence-electron chi connectivity index (χ3n) is 2.27. The summed E-state index contributed by atoms with van der Waals surface area (Å²) < 4.78 is 1.80. The topological polar surface area (TPSA) is 54.9 Å². The van der Waals surface area contributed by atoms with E-state index in [1.54, 1.807) is 0 Å². The zero-order chi connectivity index (χ0) is 13.8. The first-order valence-electron chi connectivity index (χ1n) is 5.58. The second kappa shape index (κ2) is 6.49. The van der Waals surface area contributed by atoms with Crippen LogP contribution in [0.5, 0.6) is 0 Å². The predicted octanol–water partition coefficient (Wildman–Crippen LogP) is 3.73. The van der Waals surface area contributed by atoms with Gasteiger partial charge in [0.15, 0.2) is 4.34 Å². The van der Waals surface area contributed by atoms with Gasteiger partial charge in [-0.05, 0) is 38.1 Å². The van der Waals surface area contributed by atoms with Gasteiger partial charge in [-0.3, -0.25) is 4.79 Å². The molecule has 0 saturated carbocycles. The molecule has 2 aromatic rings. The van der Waals surface area contributed by atoms with Gasteiger partial charge in [0.1, 0.15) is 5.01 Å². The number of hydrogen-bond acceptors (Lipinski definition) is 5. The minimum Gasteiger partial charge on any atom is -0.325 e. The molecule has 0 aliphatic rings. The minimum atomic E-state index is -0.212. The summed E-state index contributed by atoms with van der Waals surface area (Å²) in [5.41, 5.74) is 0.786. The Morgan fingerprint density at radius 3 is 2.63 bits per heavy atom. The summed E-state index contributed by atoms with van der Waals surface area (Å²) in [5.74, 6) is -0.0415. The lowest BCUT2D eigenvalue weighted by Crippen LogP contribution is -2.22. The lowest BCUT2D eigenvalue weighted by Gasteiger charge is -2.10. The number of aryl methyl sites for hydroxylation is 1. The number of anilines is 1. The smallest absolute Gasteiger partial charge is 0.237 e. The number of carbonyl (C=O) groups excluding carboxylic acids is 1. The van der Waals surface area contributed by atoms with Crippen LogP contribution in [0.3, 0.4) is 0 Å². The van der Waals surface area contributed by atoms with Gasteiger partial charge in [0.2, 0.25) is 5.91 Å². The lowest BCUT2D eigenvalue weighted by molar-refractivity contribution is -0.115. The highest BCUT2D eigenvalue weighted by Crippen LogP contribution is 2.27. The van der Waals surface area contributed by atoms with Gasteiger partial charge in [-0.15, -0.1) is 10.2 Å². The fraction of sp³-hybridized carbons (Fsp3) is 0.250.